The Morgan fingerprint density at radius 1 is 1.12 bits per heavy atom. The summed E-state index contributed by atoms with van der Waals surface area (Å²) in [6, 6.07) is 4.60. The second kappa shape index (κ2) is 8.28. The van der Waals surface area contributed by atoms with E-state index in [0.29, 0.717) is 6.04 Å². The van der Waals surface area contributed by atoms with Crippen LogP contribution >= 0.6 is 0 Å². The number of hydrogen-bond acceptors (Lipinski definition) is 2. The van der Waals surface area contributed by atoms with E-state index in [2.05, 4.69) is 36.3 Å². The quantitative estimate of drug-likeness (QED) is 0.676. The summed E-state index contributed by atoms with van der Waals surface area (Å²) in [5.41, 5.74) is 1.32. The second-order valence-electron chi connectivity index (χ2n) is 4.37. The van der Waals surface area contributed by atoms with Crippen LogP contribution in [0.25, 0.3) is 0 Å². The first kappa shape index (κ1) is 13.2. The summed E-state index contributed by atoms with van der Waals surface area (Å²) in [7, 11) is 0. The normalized spacial score (nSPS) is 12.6. The monoisotopic (exact) mass is 220 g/mol. The molecule has 1 rings (SSSR count). The van der Waals surface area contributed by atoms with Crippen molar-refractivity contribution in [3.8, 4) is 0 Å². The van der Waals surface area contributed by atoms with Gasteiger partial charge in [0.2, 0.25) is 0 Å². The molecule has 0 aromatic carbocycles. The molecule has 0 radical (unpaired) electrons. The van der Waals surface area contributed by atoms with Gasteiger partial charge in [-0.2, -0.15) is 0 Å². The molecule has 1 N–H and O–H groups in total. The van der Waals surface area contributed by atoms with E-state index in [0.717, 1.165) is 6.54 Å². The summed E-state index contributed by atoms with van der Waals surface area (Å²) < 4.78 is 0. The van der Waals surface area contributed by atoms with Gasteiger partial charge in [-0.1, -0.05) is 32.6 Å². The van der Waals surface area contributed by atoms with Crippen LogP contribution in [-0.2, 0) is 0 Å². The van der Waals surface area contributed by atoms with E-state index in [1.165, 1.54) is 37.7 Å². The highest BCUT2D eigenvalue weighted by Gasteiger charge is 2.02. The van der Waals surface area contributed by atoms with Gasteiger partial charge in [-0.3, -0.25) is 4.98 Å². The lowest BCUT2D eigenvalue weighted by Gasteiger charge is -2.13. The maximum atomic E-state index is 4.03. The van der Waals surface area contributed by atoms with Crippen LogP contribution in [0.3, 0.4) is 0 Å². The second-order valence-corrected chi connectivity index (χ2v) is 4.37. The fourth-order valence-electron chi connectivity index (χ4n) is 1.82. The van der Waals surface area contributed by atoms with E-state index in [-0.39, 0.29) is 0 Å². The first-order valence-corrected chi connectivity index (χ1v) is 6.48. The minimum absolute atomic E-state index is 0.439. The van der Waals surface area contributed by atoms with Crippen molar-refractivity contribution in [2.45, 2.75) is 52.0 Å². The van der Waals surface area contributed by atoms with E-state index in [4.69, 9.17) is 0 Å². The minimum Gasteiger partial charge on any atom is -0.310 e. The molecule has 0 fully saturated rings. The number of rotatable bonds is 8. The Labute approximate surface area is 99.5 Å². The van der Waals surface area contributed by atoms with E-state index in [9.17, 15) is 0 Å². The van der Waals surface area contributed by atoms with Crippen molar-refractivity contribution in [1.29, 1.82) is 0 Å². The van der Waals surface area contributed by atoms with Gasteiger partial charge in [-0.05, 0) is 37.6 Å². The lowest BCUT2D eigenvalue weighted by Crippen LogP contribution is -2.19. The van der Waals surface area contributed by atoms with Crippen molar-refractivity contribution in [1.82, 2.24) is 10.3 Å². The topological polar surface area (TPSA) is 24.9 Å². The Morgan fingerprint density at radius 2 is 1.81 bits per heavy atom. The van der Waals surface area contributed by atoms with Crippen molar-refractivity contribution in [2.75, 3.05) is 6.54 Å². The number of unbranched alkanes of at least 4 members (excludes halogenated alkanes) is 4. The van der Waals surface area contributed by atoms with Crippen molar-refractivity contribution in [3.05, 3.63) is 30.1 Å². The number of hydrogen-bond donors (Lipinski definition) is 1. The lowest BCUT2D eigenvalue weighted by atomic mass is 10.1. The molecule has 0 aliphatic carbocycles. The average molecular weight is 220 g/mol. The Hall–Kier alpha value is -0.890. The van der Waals surface area contributed by atoms with Crippen LogP contribution in [0.2, 0.25) is 0 Å². The molecule has 90 valence electrons. The molecule has 0 spiro atoms. The van der Waals surface area contributed by atoms with Crippen LogP contribution in [0.4, 0.5) is 0 Å². The molecular weight excluding hydrogens is 196 g/mol. The fourth-order valence-corrected chi connectivity index (χ4v) is 1.82. The van der Waals surface area contributed by atoms with Crippen LogP contribution < -0.4 is 5.32 Å². The van der Waals surface area contributed by atoms with Crippen molar-refractivity contribution in [2.24, 2.45) is 0 Å². The maximum Gasteiger partial charge on any atom is 0.0292 e. The van der Waals surface area contributed by atoms with Crippen LogP contribution in [0.1, 0.15) is 57.6 Å². The van der Waals surface area contributed by atoms with Gasteiger partial charge in [0, 0.05) is 18.4 Å². The molecular formula is C14H24N2. The summed E-state index contributed by atoms with van der Waals surface area (Å²) >= 11 is 0. The molecule has 0 saturated heterocycles. The first-order valence-electron chi connectivity index (χ1n) is 6.48. The fraction of sp³-hybridized carbons (Fsp3) is 0.643. The highest BCUT2D eigenvalue weighted by atomic mass is 14.9. The molecule has 0 aliphatic rings. The molecule has 2 heteroatoms. The molecule has 0 saturated carbocycles. The Kier molecular flexibility index (Phi) is 6.82. The van der Waals surface area contributed by atoms with Crippen LogP contribution in [-0.4, -0.2) is 11.5 Å². The van der Waals surface area contributed by atoms with Gasteiger partial charge in [0.15, 0.2) is 0 Å². The minimum atomic E-state index is 0.439. The van der Waals surface area contributed by atoms with Crippen LogP contribution in [0, 0.1) is 0 Å². The molecule has 0 aliphatic heterocycles. The predicted molar refractivity (Wildman–Crippen MR) is 69.4 cm³/mol. The Balaban J connectivity index is 2.09. The SMILES string of the molecule is CCCCCCCN[C@H](C)c1ccncc1. The average Bonchev–Trinajstić information content (AvgIpc) is 2.34. The first-order chi connectivity index (χ1) is 7.84. The summed E-state index contributed by atoms with van der Waals surface area (Å²) in [6.45, 7) is 5.58. The third kappa shape index (κ3) is 5.26. The molecule has 1 heterocycles. The molecule has 0 bridgehead atoms. The van der Waals surface area contributed by atoms with E-state index >= 15 is 0 Å². The van der Waals surface area contributed by atoms with Crippen molar-refractivity contribution >= 4 is 0 Å². The number of aromatic nitrogens is 1. The number of nitrogens with one attached hydrogen (secondary N) is 1. The standard InChI is InChI=1S/C14H24N2/c1-3-4-5-6-7-10-16-13(2)14-8-11-15-12-9-14/h8-9,11-13,16H,3-7,10H2,1-2H3/t13-/m1/s1. The molecule has 0 amide bonds. The predicted octanol–water partition coefficient (Wildman–Crippen LogP) is 3.70. The lowest BCUT2D eigenvalue weighted by molar-refractivity contribution is 0.531. The summed E-state index contributed by atoms with van der Waals surface area (Å²) in [4.78, 5) is 4.03. The molecule has 1 atom stereocenters. The van der Waals surface area contributed by atoms with Gasteiger partial charge in [-0.25, -0.2) is 0 Å². The summed E-state index contributed by atoms with van der Waals surface area (Å²) in [5.74, 6) is 0. The Bertz CT molecular complexity index is 259. The molecule has 1 aromatic rings. The number of pyridine rings is 1. The molecule has 1 aromatic heterocycles. The van der Waals surface area contributed by atoms with E-state index < -0.39 is 0 Å². The van der Waals surface area contributed by atoms with E-state index in [1.54, 1.807) is 0 Å². The van der Waals surface area contributed by atoms with Gasteiger partial charge in [-0.15, -0.1) is 0 Å². The summed E-state index contributed by atoms with van der Waals surface area (Å²) in [5, 5.41) is 3.55. The van der Waals surface area contributed by atoms with E-state index in [1.807, 2.05) is 12.4 Å². The molecule has 0 unspecified atom stereocenters. The van der Waals surface area contributed by atoms with Gasteiger partial charge in [0.05, 0.1) is 0 Å². The zero-order valence-electron chi connectivity index (χ0n) is 10.6. The van der Waals surface area contributed by atoms with Crippen LogP contribution in [0.5, 0.6) is 0 Å². The van der Waals surface area contributed by atoms with Gasteiger partial charge in [0.25, 0.3) is 0 Å². The van der Waals surface area contributed by atoms with Gasteiger partial charge in [0.1, 0.15) is 0 Å². The highest BCUT2D eigenvalue weighted by molar-refractivity contribution is 5.13. The van der Waals surface area contributed by atoms with Gasteiger partial charge >= 0.3 is 0 Å². The zero-order valence-corrected chi connectivity index (χ0v) is 10.6. The van der Waals surface area contributed by atoms with Crippen molar-refractivity contribution < 1.29 is 0 Å². The third-order valence-electron chi connectivity index (χ3n) is 2.94. The highest BCUT2D eigenvalue weighted by Crippen LogP contribution is 2.10. The maximum absolute atomic E-state index is 4.03. The largest absolute Gasteiger partial charge is 0.310 e. The van der Waals surface area contributed by atoms with Crippen LogP contribution in [0.15, 0.2) is 24.5 Å². The summed E-state index contributed by atoms with van der Waals surface area (Å²) in [6.07, 6.45) is 10.4. The smallest absolute Gasteiger partial charge is 0.0292 e. The van der Waals surface area contributed by atoms with Gasteiger partial charge < -0.3 is 5.32 Å². The Morgan fingerprint density at radius 3 is 2.50 bits per heavy atom. The number of nitrogens with zero attached hydrogens (tertiary/aromatic N) is 1. The molecule has 2 nitrogen and oxygen atoms in total. The zero-order chi connectivity index (χ0) is 11.6. The third-order valence-corrected chi connectivity index (χ3v) is 2.94. The van der Waals surface area contributed by atoms with Crippen molar-refractivity contribution in [3.63, 3.8) is 0 Å². The molecule has 16 heavy (non-hydrogen) atoms.